The van der Waals surface area contributed by atoms with Crippen LogP contribution in [0.3, 0.4) is 0 Å². The van der Waals surface area contributed by atoms with Crippen molar-refractivity contribution in [3.05, 3.63) is 53.8 Å². The molecule has 0 bridgehead atoms. The predicted molar refractivity (Wildman–Crippen MR) is 108 cm³/mol. The Morgan fingerprint density at radius 1 is 1.11 bits per heavy atom. The fraction of sp³-hybridized carbons (Fsp3) is 0.300. The summed E-state index contributed by atoms with van der Waals surface area (Å²) < 4.78 is 0. The van der Waals surface area contributed by atoms with Gasteiger partial charge in [-0.05, 0) is 36.9 Å². The molecule has 1 aliphatic heterocycles. The monoisotopic (exact) mass is 383 g/mol. The van der Waals surface area contributed by atoms with Crippen molar-refractivity contribution in [2.24, 2.45) is 0 Å². The van der Waals surface area contributed by atoms with Crippen LogP contribution in [-0.2, 0) is 0 Å². The highest BCUT2D eigenvalue weighted by molar-refractivity contribution is 6.30. The van der Waals surface area contributed by atoms with Crippen LogP contribution in [0.1, 0.15) is 0 Å². The Morgan fingerprint density at radius 2 is 1.85 bits per heavy atom. The SMILES string of the molecule is CN1CCN(c2n[nH]c(-c3ccc(Cl)cc3)c2-c2ccncc2)CC1CO. The number of rotatable bonds is 4. The lowest BCUT2D eigenvalue weighted by Gasteiger charge is -2.39. The maximum Gasteiger partial charge on any atom is 0.159 e. The lowest BCUT2D eigenvalue weighted by molar-refractivity contribution is 0.135. The van der Waals surface area contributed by atoms with Crippen LogP contribution >= 0.6 is 11.6 Å². The molecule has 6 nitrogen and oxygen atoms in total. The van der Waals surface area contributed by atoms with Crippen LogP contribution in [0.5, 0.6) is 0 Å². The summed E-state index contributed by atoms with van der Waals surface area (Å²) in [6.45, 7) is 2.60. The van der Waals surface area contributed by atoms with Gasteiger partial charge in [-0.1, -0.05) is 23.7 Å². The number of nitrogens with one attached hydrogen (secondary N) is 1. The molecule has 0 amide bonds. The number of halogens is 1. The first kappa shape index (κ1) is 18.0. The number of aliphatic hydroxyl groups excluding tert-OH is 1. The molecular formula is C20H22ClN5O. The first-order chi connectivity index (χ1) is 13.2. The van der Waals surface area contributed by atoms with Crippen molar-refractivity contribution in [2.75, 3.05) is 38.2 Å². The van der Waals surface area contributed by atoms with Crippen molar-refractivity contribution in [2.45, 2.75) is 6.04 Å². The fourth-order valence-electron chi connectivity index (χ4n) is 3.51. The van der Waals surface area contributed by atoms with Crippen LogP contribution < -0.4 is 4.90 Å². The summed E-state index contributed by atoms with van der Waals surface area (Å²) in [4.78, 5) is 8.58. The van der Waals surface area contributed by atoms with Crippen LogP contribution in [0.25, 0.3) is 22.4 Å². The molecule has 27 heavy (non-hydrogen) atoms. The molecule has 1 aliphatic rings. The van der Waals surface area contributed by atoms with Crippen molar-refractivity contribution >= 4 is 17.4 Å². The molecule has 1 aromatic carbocycles. The van der Waals surface area contributed by atoms with E-state index in [4.69, 9.17) is 11.6 Å². The lowest BCUT2D eigenvalue weighted by atomic mass is 10.0. The summed E-state index contributed by atoms with van der Waals surface area (Å²) in [5.74, 6) is 0.901. The highest BCUT2D eigenvalue weighted by Gasteiger charge is 2.28. The highest BCUT2D eigenvalue weighted by Crippen LogP contribution is 2.38. The summed E-state index contributed by atoms with van der Waals surface area (Å²) in [6.07, 6.45) is 3.58. The van der Waals surface area contributed by atoms with Crippen molar-refractivity contribution in [3.8, 4) is 22.4 Å². The number of aromatic nitrogens is 3. The molecule has 3 heterocycles. The molecule has 0 spiro atoms. The molecule has 2 N–H and O–H groups in total. The Labute approximate surface area is 163 Å². The van der Waals surface area contributed by atoms with E-state index in [0.29, 0.717) is 5.02 Å². The number of H-pyrrole nitrogens is 1. The van der Waals surface area contributed by atoms with E-state index in [9.17, 15) is 5.11 Å². The van der Waals surface area contributed by atoms with Crippen LogP contribution in [0.4, 0.5) is 5.82 Å². The van der Waals surface area contributed by atoms with E-state index in [1.807, 2.05) is 43.4 Å². The van der Waals surface area contributed by atoms with Crippen molar-refractivity contribution in [1.29, 1.82) is 0 Å². The van der Waals surface area contributed by atoms with Crippen LogP contribution in [0.2, 0.25) is 5.02 Å². The number of aliphatic hydroxyl groups is 1. The Morgan fingerprint density at radius 3 is 2.56 bits per heavy atom. The van der Waals surface area contributed by atoms with E-state index >= 15 is 0 Å². The number of piperazine rings is 1. The minimum atomic E-state index is 0.0970. The van der Waals surface area contributed by atoms with E-state index in [1.165, 1.54) is 0 Å². The summed E-state index contributed by atoms with van der Waals surface area (Å²) in [7, 11) is 2.05. The minimum absolute atomic E-state index is 0.0970. The van der Waals surface area contributed by atoms with Gasteiger partial charge < -0.3 is 10.0 Å². The van der Waals surface area contributed by atoms with Crippen LogP contribution in [-0.4, -0.2) is 64.5 Å². The molecule has 2 aromatic heterocycles. The number of pyridine rings is 1. The van der Waals surface area contributed by atoms with E-state index in [0.717, 1.165) is 47.8 Å². The van der Waals surface area contributed by atoms with Crippen LogP contribution in [0.15, 0.2) is 48.8 Å². The van der Waals surface area contributed by atoms with Gasteiger partial charge in [0, 0.05) is 42.6 Å². The predicted octanol–water partition coefficient (Wildman–Crippen LogP) is 2.90. The molecule has 1 atom stereocenters. The molecule has 0 saturated carbocycles. The molecule has 1 saturated heterocycles. The van der Waals surface area contributed by atoms with Crippen molar-refractivity contribution < 1.29 is 5.11 Å². The molecule has 4 rings (SSSR count). The van der Waals surface area contributed by atoms with Gasteiger partial charge in [0.25, 0.3) is 0 Å². The minimum Gasteiger partial charge on any atom is -0.395 e. The number of benzene rings is 1. The smallest absolute Gasteiger partial charge is 0.159 e. The maximum absolute atomic E-state index is 9.70. The van der Waals surface area contributed by atoms with Gasteiger partial charge in [0.1, 0.15) is 0 Å². The third kappa shape index (κ3) is 3.56. The second-order valence-corrected chi connectivity index (χ2v) is 7.24. The van der Waals surface area contributed by atoms with Gasteiger partial charge in [-0.3, -0.25) is 15.0 Å². The van der Waals surface area contributed by atoms with Crippen molar-refractivity contribution in [1.82, 2.24) is 20.1 Å². The Kier molecular flexibility index (Phi) is 5.11. The topological polar surface area (TPSA) is 68.3 Å². The molecule has 0 radical (unpaired) electrons. The highest BCUT2D eigenvalue weighted by atomic mass is 35.5. The molecule has 0 aliphatic carbocycles. The maximum atomic E-state index is 9.70. The fourth-order valence-corrected chi connectivity index (χ4v) is 3.64. The number of anilines is 1. The first-order valence-electron chi connectivity index (χ1n) is 8.98. The largest absolute Gasteiger partial charge is 0.395 e. The third-order valence-electron chi connectivity index (χ3n) is 5.14. The lowest BCUT2D eigenvalue weighted by Crippen LogP contribution is -2.53. The number of likely N-dealkylation sites (N-methyl/N-ethyl adjacent to an activating group) is 1. The average molecular weight is 384 g/mol. The second kappa shape index (κ2) is 7.68. The van der Waals surface area contributed by atoms with E-state index < -0.39 is 0 Å². The number of hydrogen-bond acceptors (Lipinski definition) is 5. The van der Waals surface area contributed by atoms with Gasteiger partial charge in [0.15, 0.2) is 5.82 Å². The van der Waals surface area contributed by atoms with E-state index in [2.05, 4.69) is 25.0 Å². The normalized spacial score (nSPS) is 18.0. The van der Waals surface area contributed by atoms with Gasteiger partial charge in [-0.15, -0.1) is 0 Å². The molecule has 1 fully saturated rings. The van der Waals surface area contributed by atoms with Gasteiger partial charge in [-0.2, -0.15) is 5.10 Å². The third-order valence-corrected chi connectivity index (χ3v) is 5.39. The van der Waals surface area contributed by atoms with Crippen LogP contribution in [0, 0.1) is 0 Å². The quantitative estimate of drug-likeness (QED) is 0.725. The molecule has 7 heteroatoms. The zero-order chi connectivity index (χ0) is 18.8. The number of hydrogen-bond donors (Lipinski definition) is 2. The summed E-state index contributed by atoms with van der Waals surface area (Å²) >= 11 is 6.06. The standard InChI is InChI=1S/C20H22ClN5O/c1-25-10-11-26(12-17(25)13-27)20-18(14-6-8-22-9-7-14)19(23-24-20)15-2-4-16(21)5-3-15/h2-9,17,27H,10-13H2,1H3,(H,23,24). The molecular weight excluding hydrogens is 362 g/mol. The van der Waals surface area contributed by atoms with Gasteiger partial charge in [-0.25, -0.2) is 0 Å². The summed E-state index contributed by atoms with van der Waals surface area (Å²) in [5.41, 5.74) is 4.07. The van der Waals surface area contributed by atoms with Gasteiger partial charge in [0.2, 0.25) is 0 Å². The first-order valence-corrected chi connectivity index (χ1v) is 9.36. The number of nitrogens with zero attached hydrogens (tertiary/aromatic N) is 4. The van der Waals surface area contributed by atoms with E-state index in [1.54, 1.807) is 12.4 Å². The Bertz CT molecular complexity index is 896. The Balaban J connectivity index is 1.79. The number of aromatic amines is 1. The Hall–Kier alpha value is -2.41. The average Bonchev–Trinajstić information content (AvgIpc) is 3.14. The van der Waals surface area contributed by atoms with Crippen molar-refractivity contribution in [3.63, 3.8) is 0 Å². The molecule has 140 valence electrons. The molecule has 3 aromatic rings. The zero-order valence-corrected chi connectivity index (χ0v) is 15.9. The van der Waals surface area contributed by atoms with E-state index in [-0.39, 0.29) is 12.6 Å². The van der Waals surface area contributed by atoms with Gasteiger partial charge >= 0.3 is 0 Å². The summed E-state index contributed by atoms with van der Waals surface area (Å²) in [5, 5.41) is 18.3. The van der Waals surface area contributed by atoms with Gasteiger partial charge in [0.05, 0.1) is 23.9 Å². The zero-order valence-electron chi connectivity index (χ0n) is 15.1. The summed E-state index contributed by atoms with van der Waals surface area (Å²) in [6, 6.07) is 11.8. The second-order valence-electron chi connectivity index (χ2n) is 6.80. The molecule has 1 unspecified atom stereocenters.